The molecule has 0 aromatic rings. The molecule has 0 aromatic heterocycles. The van der Waals surface area contributed by atoms with Crippen LogP contribution in [0.1, 0.15) is 45.4 Å². The number of aliphatic carboxylic acids is 1. The predicted molar refractivity (Wildman–Crippen MR) is 76.4 cm³/mol. The number of piperidine rings is 1. The minimum Gasteiger partial charge on any atom is -0.481 e. The molecule has 1 aliphatic carbocycles. The quantitative estimate of drug-likeness (QED) is 0.742. The second kappa shape index (κ2) is 7.07. The van der Waals surface area contributed by atoms with Crippen LogP contribution in [-0.2, 0) is 9.59 Å². The molecule has 1 heterocycles. The van der Waals surface area contributed by atoms with E-state index in [2.05, 4.69) is 5.32 Å². The number of amides is 1. The van der Waals surface area contributed by atoms with Gasteiger partial charge in [0.05, 0.1) is 0 Å². The largest absolute Gasteiger partial charge is 0.481 e. The predicted octanol–water partition coefficient (Wildman–Crippen LogP) is 1.48. The van der Waals surface area contributed by atoms with Gasteiger partial charge in [0.15, 0.2) is 0 Å². The Bertz CT molecular complexity index is 355. The molecule has 5 nitrogen and oxygen atoms in total. The Morgan fingerprint density at radius 1 is 1.25 bits per heavy atom. The highest BCUT2D eigenvalue weighted by Crippen LogP contribution is 2.28. The number of nitrogens with zero attached hydrogens (tertiary/aromatic N) is 1. The Balaban J connectivity index is 1.89. The van der Waals surface area contributed by atoms with Gasteiger partial charge in [-0.05, 0) is 44.1 Å². The molecule has 1 saturated heterocycles. The van der Waals surface area contributed by atoms with Gasteiger partial charge >= 0.3 is 5.97 Å². The molecule has 1 amide bonds. The molecule has 0 bridgehead atoms. The first kappa shape index (κ1) is 15.3. The van der Waals surface area contributed by atoms with Crippen LogP contribution in [0, 0.1) is 11.8 Å². The lowest BCUT2D eigenvalue weighted by atomic mass is 9.91. The topological polar surface area (TPSA) is 69.6 Å². The zero-order valence-corrected chi connectivity index (χ0v) is 12.3. The zero-order chi connectivity index (χ0) is 14.5. The molecular weight excluding hydrogens is 256 g/mol. The molecule has 2 rings (SSSR count). The number of carboxylic acids is 1. The number of nitrogens with one attached hydrogen (secondary N) is 1. The van der Waals surface area contributed by atoms with Crippen LogP contribution in [0.25, 0.3) is 0 Å². The molecule has 2 N–H and O–H groups in total. The Labute approximate surface area is 120 Å². The maximum absolute atomic E-state index is 12.1. The number of carboxylic acid groups (broad SMARTS) is 1. The average molecular weight is 282 g/mol. The highest BCUT2D eigenvalue weighted by Gasteiger charge is 2.31. The second-order valence-electron chi connectivity index (χ2n) is 6.30. The van der Waals surface area contributed by atoms with E-state index >= 15 is 0 Å². The zero-order valence-electron chi connectivity index (χ0n) is 12.3. The molecule has 0 radical (unpaired) electrons. The Morgan fingerprint density at radius 3 is 2.60 bits per heavy atom. The van der Waals surface area contributed by atoms with Crippen molar-refractivity contribution < 1.29 is 14.7 Å². The van der Waals surface area contributed by atoms with E-state index in [1.165, 1.54) is 12.8 Å². The molecule has 114 valence electrons. The van der Waals surface area contributed by atoms with Crippen LogP contribution in [0.5, 0.6) is 0 Å². The fourth-order valence-electron chi connectivity index (χ4n) is 2.98. The summed E-state index contributed by atoms with van der Waals surface area (Å²) in [5, 5.41) is 12.5. The molecular formula is C15H26N2O3. The molecule has 2 atom stereocenters. The SMILES string of the molecule is CCCC(=O)N1CC(CC(=O)O)CC(NCC2CC2)C1. The van der Waals surface area contributed by atoms with Gasteiger partial charge in [-0.25, -0.2) is 0 Å². The van der Waals surface area contributed by atoms with E-state index in [9.17, 15) is 9.59 Å². The maximum Gasteiger partial charge on any atom is 0.303 e. The summed E-state index contributed by atoms with van der Waals surface area (Å²) in [5.74, 6) is 0.287. The van der Waals surface area contributed by atoms with Gasteiger partial charge < -0.3 is 15.3 Å². The second-order valence-corrected chi connectivity index (χ2v) is 6.30. The summed E-state index contributed by atoms with van der Waals surface area (Å²) in [6.07, 6.45) is 5.05. The van der Waals surface area contributed by atoms with Crippen molar-refractivity contribution in [3.8, 4) is 0 Å². The minimum atomic E-state index is -0.763. The molecule has 0 aromatic carbocycles. The van der Waals surface area contributed by atoms with E-state index in [-0.39, 0.29) is 24.3 Å². The molecule has 2 unspecified atom stereocenters. The lowest BCUT2D eigenvalue weighted by molar-refractivity contribution is -0.141. The molecule has 1 aliphatic heterocycles. The third kappa shape index (κ3) is 4.78. The van der Waals surface area contributed by atoms with E-state index in [1.54, 1.807) is 0 Å². The molecule has 2 aliphatic rings. The van der Waals surface area contributed by atoms with Crippen molar-refractivity contribution in [1.29, 1.82) is 0 Å². The number of carbonyl (C=O) groups is 2. The standard InChI is InChI=1S/C15H26N2O3/c1-2-3-14(18)17-9-12(7-15(19)20)6-13(10-17)16-8-11-4-5-11/h11-13,16H,2-10H2,1H3,(H,19,20). The van der Waals surface area contributed by atoms with E-state index in [0.29, 0.717) is 13.0 Å². The summed E-state index contributed by atoms with van der Waals surface area (Å²) in [7, 11) is 0. The van der Waals surface area contributed by atoms with E-state index in [4.69, 9.17) is 5.11 Å². The fraction of sp³-hybridized carbons (Fsp3) is 0.867. The highest BCUT2D eigenvalue weighted by atomic mass is 16.4. The Morgan fingerprint density at radius 2 is 2.00 bits per heavy atom. The summed E-state index contributed by atoms with van der Waals surface area (Å²) < 4.78 is 0. The number of rotatable bonds is 7. The van der Waals surface area contributed by atoms with Crippen LogP contribution in [-0.4, -0.2) is 47.6 Å². The van der Waals surface area contributed by atoms with Gasteiger partial charge in [0, 0.05) is 32.0 Å². The maximum atomic E-state index is 12.1. The average Bonchev–Trinajstić information content (AvgIpc) is 3.19. The van der Waals surface area contributed by atoms with E-state index in [0.717, 1.165) is 31.8 Å². The third-order valence-electron chi connectivity index (χ3n) is 4.21. The summed E-state index contributed by atoms with van der Waals surface area (Å²) in [6, 6.07) is 0.259. The van der Waals surface area contributed by atoms with Gasteiger partial charge in [-0.2, -0.15) is 0 Å². The first-order valence-electron chi connectivity index (χ1n) is 7.81. The number of carbonyl (C=O) groups excluding carboxylic acids is 1. The minimum absolute atomic E-state index is 0.0822. The van der Waals surface area contributed by atoms with Gasteiger partial charge in [0.2, 0.25) is 5.91 Å². The lowest BCUT2D eigenvalue weighted by Crippen LogP contribution is -2.51. The van der Waals surface area contributed by atoms with Crippen molar-refractivity contribution in [3.63, 3.8) is 0 Å². The summed E-state index contributed by atoms with van der Waals surface area (Å²) in [6.45, 7) is 4.36. The number of likely N-dealkylation sites (tertiary alicyclic amines) is 1. The van der Waals surface area contributed by atoms with Crippen molar-refractivity contribution in [2.45, 2.75) is 51.5 Å². The summed E-state index contributed by atoms with van der Waals surface area (Å²) >= 11 is 0. The molecule has 20 heavy (non-hydrogen) atoms. The smallest absolute Gasteiger partial charge is 0.303 e. The van der Waals surface area contributed by atoms with Crippen molar-refractivity contribution >= 4 is 11.9 Å². The Hall–Kier alpha value is -1.10. The van der Waals surface area contributed by atoms with Crippen LogP contribution in [0.3, 0.4) is 0 Å². The highest BCUT2D eigenvalue weighted by molar-refractivity contribution is 5.76. The third-order valence-corrected chi connectivity index (χ3v) is 4.21. The van der Waals surface area contributed by atoms with Gasteiger partial charge in [0.25, 0.3) is 0 Å². The van der Waals surface area contributed by atoms with Crippen LogP contribution in [0.2, 0.25) is 0 Å². The number of hydrogen-bond donors (Lipinski definition) is 2. The Kier molecular flexibility index (Phi) is 5.40. The van der Waals surface area contributed by atoms with Gasteiger partial charge in [0.1, 0.15) is 0 Å². The molecule has 0 spiro atoms. The first-order valence-corrected chi connectivity index (χ1v) is 7.81. The van der Waals surface area contributed by atoms with Crippen molar-refractivity contribution in [2.75, 3.05) is 19.6 Å². The fourth-order valence-corrected chi connectivity index (χ4v) is 2.98. The molecule has 5 heteroatoms. The molecule has 1 saturated carbocycles. The van der Waals surface area contributed by atoms with Crippen molar-refractivity contribution in [1.82, 2.24) is 10.2 Å². The van der Waals surface area contributed by atoms with Crippen LogP contribution < -0.4 is 5.32 Å². The van der Waals surface area contributed by atoms with Crippen LogP contribution >= 0.6 is 0 Å². The number of hydrogen-bond acceptors (Lipinski definition) is 3. The van der Waals surface area contributed by atoms with Gasteiger partial charge in [-0.1, -0.05) is 6.92 Å². The lowest BCUT2D eigenvalue weighted by Gasteiger charge is -2.38. The molecule has 2 fully saturated rings. The van der Waals surface area contributed by atoms with Crippen LogP contribution in [0.4, 0.5) is 0 Å². The first-order chi connectivity index (χ1) is 9.58. The van der Waals surface area contributed by atoms with E-state index in [1.807, 2.05) is 11.8 Å². The van der Waals surface area contributed by atoms with Crippen molar-refractivity contribution in [3.05, 3.63) is 0 Å². The van der Waals surface area contributed by atoms with Crippen LogP contribution in [0.15, 0.2) is 0 Å². The van der Waals surface area contributed by atoms with E-state index < -0.39 is 5.97 Å². The summed E-state index contributed by atoms with van der Waals surface area (Å²) in [5.41, 5.74) is 0. The monoisotopic (exact) mass is 282 g/mol. The van der Waals surface area contributed by atoms with Gasteiger partial charge in [-0.3, -0.25) is 9.59 Å². The van der Waals surface area contributed by atoms with Gasteiger partial charge in [-0.15, -0.1) is 0 Å². The normalized spacial score (nSPS) is 26.6. The summed E-state index contributed by atoms with van der Waals surface area (Å²) in [4.78, 5) is 24.9. The van der Waals surface area contributed by atoms with Crippen molar-refractivity contribution in [2.24, 2.45) is 11.8 Å².